The summed E-state index contributed by atoms with van der Waals surface area (Å²) < 4.78 is 25.0. The molecule has 1 N–H and O–H groups in total. The number of halogens is 2. The standard InChI is InChI=1S/C29H35BrFN3O5/c1-29(2,3)39-28(37)34-15-5-7-20(18-34)19-6-4-14-33(17-19)27(36)26(35)32-21-8-10-22(11-9-21)38-23-12-13-25(31)24(30)16-23/h8-13,16,19-20H,4-7,14-15,17-18H2,1-3H3,(H,32,35). The van der Waals surface area contributed by atoms with Crippen LogP contribution >= 0.6 is 15.9 Å². The van der Waals surface area contributed by atoms with Gasteiger partial charge in [-0.15, -0.1) is 0 Å². The molecule has 0 saturated carbocycles. The Morgan fingerprint density at radius 2 is 1.51 bits per heavy atom. The van der Waals surface area contributed by atoms with Gasteiger partial charge in [-0.25, -0.2) is 9.18 Å². The Morgan fingerprint density at radius 3 is 2.13 bits per heavy atom. The maximum absolute atomic E-state index is 13.4. The van der Waals surface area contributed by atoms with Crippen molar-refractivity contribution in [2.45, 2.75) is 52.1 Å². The van der Waals surface area contributed by atoms with Crippen molar-refractivity contribution in [1.82, 2.24) is 9.80 Å². The lowest BCUT2D eigenvalue weighted by atomic mass is 9.80. The number of hydrogen-bond donors (Lipinski definition) is 1. The van der Waals surface area contributed by atoms with Gasteiger partial charge in [0.15, 0.2) is 0 Å². The van der Waals surface area contributed by atoms with E-state index >= 15 is 0 Å². The Bertz CT molecular complexity index is 1200. The monoisotopic (exact) mass is 603 g/mol. The fourth-order valence-electron chi connectivity index (χ4n) is 5.08. The van der Waals surface area contributed by atoms with Gasteiger partial charge in [0.05, 0.1) is 4.47 Å². The predicted octanol–water partition coefficient (Wildman–Crippen LogP) is 6.20. The predicted molar refractivity (Wildman–Crippen MR) is 149 cm³/mol. The summed E-state index contributed by atoms with van der Waals surface area (Å²) >= 11 is 3.13. The summed E-state index contributed by atoms with van der Waals surface area (Å²) in [5.74, 6) is -0.178. The van der Waals surface area contributed by atoms with Crippen LogP contribution in [-0.2, 0) is 14.3 Å². The molecule has 10 heteroatoms. The third-order valence-electron chi connectivity index (χ3n) is 6.95. The SMILES string of the molecule is CC(C)(C)OC(=O)N1CCCC(C2CCCN(C(=O)C(=O)Nc3ccc(Oc4ccc(F)c(Br)c4)cc3)C2)C1. The molecule has 0 aromatic heterocycles. The molecule has 2 heterocycles. The topological polar surface area (TPSA) is 88.2 Å². The zero-order valence-corrected chi connectivity index (χ0v) is 24.1. The second kappa shape index (κ2) is 12.4. The first kappa shape index (κ1) is 28.9. The number of anilines is 1. The minimum atomic E-state index is -0.689. The molecule has 2 aromatic rings. The van der Waals surface area contributed by atoms with E-state index in [1.165, 1.54) is 18.2 Å². The van der Waals surface area contributed by atoms with E-state index in [2.05, 4.69) is 21.2 Å². The minimum Gasteiger partial charge on any atom is -0.457 e. The van der Waals surface area contributed by atoms with Crippen molar-refractivity contribution in [1.29, 1.82) is 0 Å². The van der Waals surface area contributed by atoms with Crippen LogP contribution in [-0.4, -0.2) is 59.5 Å². The lowest BCUT2D eigenvalue weighted by Crippen LogP contribution is -2.50. The van der Waals surface area contributed by atoms with Crippen molar-refractivity contribution in [3.63, 3.8) is 0 Å². The molecule has 4 rings (SSSR count). The molecule has 2 fully saturated rings. The molecular formula is C29H35BrFN3O5. The molecule has 0 radical (unpaired) electrons. The van der Waals surface area contributed by atoms with Crippen molar-refractivity contribution in [3.8, 4) is 11.5 Å². The molecule has 0 bridgehead atoms. The Hall–Kier alpha value is -3.14. The van der Waals surface area contributed by atoms with E-state index in [0.29, 0.717) is 47.8 Å². The average molecular weight is 605 g/mol. The largest absolute Gasteiger partial charge is 0.457 e. The first-order valence-electron chi connectivity index (χ1n) is 13.3. The zero-order valence-electron chi connectivity index (χ0n) is 22.5. The van der Waals surface area contributed by atoms with Gasteiger partial charge in [-0.2, -0.15) is 0 Å². The summed E-state index contributed by atoms with van der Waals surface area (Å²) in [6.07, 6.45) is 3.37. The second-order valence-corrected chi connectivity index (χ2v) is 12.0. The molecule has 210 valence electrons. The van der Waals surface area contributed by atoms with Crippen LogP contribution in [0.25, 0.3) is 0 Å². The number of hydrogen-bond acceptors (Lipinski definition) is 5. The Kier molecular flexibility index (Phi) is 9.15. The van der Waals surface area contributed by atoms with Gasteiger partial charge in [-0.05, 0) is 117 Å². The lowest BCUT2D eigenvalue weighted by Gasteiger charge is -2.41. The molecule has 0 spiro atoms. The van der Waals surface area contributed by atoms with E-state index in [-0.39, 0.29) is 23.7 Å². The molecule has 8 nitrogen and oxygen atoms in total. The van der Waals surface area contributed by atoms with Gasteiger partial charge in [0, 0.05) is 31.9 Å². The van der Waals surface area contributed by atoms with Crippen LogP contribution in [0.3, 0.4) is 0 Å². The summed E-state index contributed by atoms with van der Waals surface area (Å²) in [6.45, 7) is 7.89. The van der Waals surface area contributed by atoms with E-state index in [1.54, 1.807) is 34.1 Å². The summed E-state index contributed by atoms with van der Waals surface area (Å²) in [7, 11) is 0. The van der Waals surface area contributed by atoms with Gasteiger partial charge in [0.1, 0.15) is 22.9 Å². The molecule has 2 atom stereocenters. The summed E-state index contributed by atoms with van der Waals surface area (Å²) in [4.78, 5) is 41.7. The van der Waals surface area contributed by atoms with E-state index in [0.717, 1.165) is 25.7 Å². The van der Waals surface area contributed by atoms with E-state index in [9.17, 15) is 18.8 Å². The Morgan fingerprint density at radius 1 is 0.923 bits per heavy atom. The van der Waals surface area contributed by atoms with E-state index in [1.807, 2.05) is 20.8 Å². The maximum atomic E-state index is 13.4. The number of ether oxygens (including phenoxy) is 2. The quantitative estimate of drug-likeness (QED) is 0.420. The van der Waals surface area contributed by atoms with Gasteiger partial charge in [0.2, 0.25) is 0 Å². The normalized spacial score (nSPS) is 19.8. The molecule has 3 amide bonds. The maximum Gasteiger partial charge on any atom is 0.410 e. The first-order valence-corrected chi connectivity index (χ1v) is 14.1. The molecule has 2 saturated heterocycles. The van der Waals surface area contributed by atoms with Crippen LogP contribution in [0.4, 0.5) is 14.9 Å². The summed E-state index contributed by atoms with van der Waals surface area (Å²) in [6, 6.07) is 11.0. The van der Waals surface area contributed by atoms with Crippen molar-refractivity contribution in [2.75, 3.05) is 31.5 Å². The molecular weight excluding hydrogens is 569 g/mol. The third-order valence-corrected chi connectivity index (χ3v) is 7.56. The third kappa shape index (κ3) is 7.94. The molecule has 2 aromatic carbocycles. The van der Waals surface area contributed by atoms with Gasteiger partial charge >= 0.3 is 17.9 Å². The fraction of sp³-hybridized carbons (Fsp3) is 0.483. The average Bonchev–Trinajstić information content (AvgIpc) is 2.90. The number of piperidine rings is 2. The first-order chi connectivity index (χ1) is 18.5. The summed E-state index contributed by atoms with van der Waals surface area (Å²) in [5.41, 5.74) is -0.0754. The van der Waals surface area contributed by atoms with Gasteiger partial charge in [0.25, 0.3) is 0 Å². The number of nitrogens with one attached hydrogen (secondary N) is 1. The van der Waals surface area contributed by atoms with E-state index < -0.39 is 17.4 Å². The number of nitrogens with zero attached hydrogens (tertiary/aromatic N) is 2. The van der Waals surface area contributed by atoms with Gasteiger partial charge in [-0.1, -0.05) is 0 Å². The van der Waals surface area contributed by atoms with Gasteiger partial charge in [-0.3, -0.25) is 9.59 Å². The molecule has 2 unspecified atom stereocenters. The van der Waals surface area contributed by atoms with Crippen molar-refractivity contribution < 1.29 is 28.2 Å². The number of likely N-dealkylation sites (tertiary alicyclic amines) is 2. The minimum absolute atomic E-state index is 0.226. The van der Waals surface area contributed by atoms with Crippen LogP contribution < -0.4 is 10.1 Å². The van der Waals surface area contributed by atoms with Crippen molar-refractivity contribution in [3.05, 3.63) is 52.8 Å². The number of rotatable bonds is 4. The molecule has 39 heavy (non-hydrogen) atoms. The Labute approximate surface area is 236 Å². The van der Waals surface area contributed by atoms with Crippen molar-refractivity contribution in [2.24, 2.45) is 11.8 Å². The highest BCUT2D eigenvalue weighted by Crippen LogP contribution is 2.32. The van der Waals surface area contributed by atoms with Crippen LogP contribution in [0, 0.1) is 17.7 Å². The van der Waals surface area contributed by atoms with Crippen LogP contribution in [0.15, 0.2) is 46.9 Å². The van der Waals surface area contributed by atoms with Crippen molar-refractivity contribution >= 4 is 39.5 Å². The van der Waals surface area contributed by atoms with Crippen LogP contribution in [0.2, 0.25) is 0 Å². The zero-order chi connectivity index (χ0) is 28.2. The highest BCUT2D eigenvalue weighted by atomic mass is 79.9. The summed E-state index contributed by atoms with van der Waals surface area (Å²) in [5, 5.41) is 2.67. The number of benzene rings is 2. The smallest absolute Gasteiger partial charge is 0.410 e. The molecule has 2 aliphatic heterocycles. The fourth-order valence-corrected chi connectivity index (χ4v) is 5.43. The van der Waals surface area contributed by atoms with E-state index in [4.69, 9.17) is 9.47 Å². The highest BCUT2D eigenvalue weighted by Gasteiger charge is 2.36. The second-order valence-electron chi connectivity index (χ2n) is 11.1. The highest BCUT2D eigenvalue weighted by molar-refractivity contribution is 9.10. The Balaban J connectivity index is 1.30. The van der Waals surface area contributed by atoms with Crippen LogP contribution in [0.5, 0.6) is 11.5 Å². The van der Waals surface area contributed by atoms with Gasteiger partial charge < -0.3 is 24.6 Å². The lowest BCUT2D eigenvalue weighted by molar-refractivity contribution is -0.144. The molecule has 0 aliphatic carbocycles. The number of amides is 3. The van der Waals surface area contributed by atoms with Crippen LogP contribution in [0.1, 0.15) is 46.5 Å². The molecule has 2 aliphatic rings. The number of carbonyl (C=O) groups excluding carboxylic acids is 3. The number of carbonyl (C=O) groups is 3.